The number of nitrogens with one attached hydrogen (secondary N) is 1. The topological polar surface area (TPSA) is 34.1 Å². The van der Waals surface area contributed by atoms with E-state index in [2.05, 4.69) is 29.4 Å². The average Bonchev–Trinajstić information content (AvgIpc) is 2.80. The molecule has 4 heteroatoms. The molecular weight excluding hydrogens is 244 g/mol. The van der Waals surface area contributed by atoms with Gasteiger partial charge in [0.15, 0.2) is 0 Å². The van der Waals surface area contributed by atoms with Crippen LogP contribution in [0.3, 0.4) is 0 Å². The predicted octanol–water partition coefficient (Wildman–Crippen LogP) is 3.85. The second kappa shape index (κ2) is 5.87. The third kappa shape index (κ3) is 3.47. The molecule has 2 aromatic rings. The maximum atomic E-state index is 5.66. The molecule has 1 aromatic carbocycles. The van der Waals surface area contributed by atoms with Crippen LogP contribution in [0.4, 0.5) is 5.69 Å². The van der Waals surface area contributed by atoms with Crippen LogP contribution >= 0.6 is 11.3 Å². The number of rotatable bonds is 5. The molecule has 1 heterocycles. The molecule has 0 saturated heterocycles. The van der Waals surface area contributed by atoms with Crippen LogP contribution in [-0.4, -0.2) is 11.1 Å². The first-order valence-corrected chi connectivity index (χ1v) is 6.91. The molecule has 0 saturated carbocycles. The maximum absolute atomic E-state index is 5.66. The van der Waals surface area contributed by atoms with Gasteiger partial charge < -0.3 is 10.1 Å². The summed E-state index contributed by atoms with van der Waals surface area (Å²) < 4.78 is 5.66. The van der Waals surface area contributed by atoms with Crippen molar-refractivity contribution in [2.24, 2.45) is 0 Å². The van der Waals surface area contributed by atoms with Crippen molar-refractivity contribution in [3.63, 3.8) is 0 Å². The van der Waals surface area contributed by atoms with Crippen molar-refractivity contribution in [3.05, 3.63) is 40.3 Å². The van der Waals surface area contributed by atoms with Crippen molar-refractivity contribution in [3.8, 4) is 5.75 Å². The highest BCUT2D eigenvalue weighted by atomic mass is 32.1. The van der Waals surface area contributed by atoms with E-state index in [1.54, 1.807) is 11.3 Å². The zero-order valence-corrected chi connectivity index (χ0v) is 11.8. The molecule has 96 valence electrons. The number of thiazole rings is 1. The van der Waals surface area contributed by atoms with Gasteiger partial charge in [0.25, 0.3) is 0 Å². The number of ether oxygens (including phenoxy) is 1. The van der Waals surface area contributed by atoms with Crippen molar-refractivity contribution >= 4 is 17.0 Å². The number of hydrogen-bond donors (Lipinski definition) is 1. The second-order valence-corrected chi connectivity index (χ2v) is 5.44. The molecule has 1 aromatic heterocycles. The van der Waals surface area contributed by atoms with E-state index in [1.165, 1.54) is 10.4 Å². The zero-order valence-electron chi connectivity index (χ0n) is 10.9. The van der Waals surface area contributed by atoms with Gasteiger partial charge in [-0.1, -0.05) is 0 Å². The molecule has 0 unspecified atom stereocenters. The van der Waals surface area contributed by atoms with Crippen LogP contribution in [-0.2, 0) is 6.54 Å². The quantitative estimate of drug-likeness (QED) is 0.888. The summed E-state index contributed by atoms with van der Waals surface area (Å²) in [6.07, 6.45) is 2.10. The third-order valence-electron chi connectivity index (χ3n) is 2.51. The molecule has 0 aliphatic carbocycles. The second-order valence-electron chi connectivity index (χ2n) is 4.46. The van der Waals surface area contributed by atoms with Gasteiger partial charge in [0.1, 0.15) is 5.75 Å². The Labute approximate surface area is 112 Å². The van der Waals surface area contributed by atoms with Gasteiger partial charge in [-0.15, -0.1) is 11.3 Å². The molecule has 0 radical (unpaired) electrons. The van der Waals surface area contributed by atoms with Gasteiger partial charge in [0.05, 0.1) is 18.2 Å². The van der Waals surface area contributed by atoms with Crippen molar-refractivity contribution in [2.45, 2.75) is 33.4 Å². The highest BCUT2D eigenvalue weighted by molar-refractivity contribution is 7.09. The van der Waals surface area contributed by atoms with Gasteiger partial charge in [0, 0.05) is 16.8 Å². The lowest BCUT2D eigenvalue weighted by molar-refractivity contribution is 0.242. The summed E-state index contributed by atoms with van der Waals surface area (Å²) in [5.41, 5.74) is 4.18. The van der Waals surface area contributed by atoms with E-state index >= 15 is 0 Å². The van der Waals surface area contributed by atoms with E-state index in [4.69, 9.17) is 4.74 Å². The Morgan fingerprint density at radius 3 is 2.83 bits per heavy atom. The van der Waals surface area contributed by atoms with E-state index in [1.807, 2.05) is 31.6 Å². The monoisotopic (exact) mass is 262 g/mol. The van der Waals surface area contributed by atoms with Crippen LogP contribution in [0.25, 0.3) is 0 Å². The summed E-state index contributed by atoms with van der Waals surface area (Å²) in [7, 11) is 0. The first kappa shape index (κ1) is 12.9. The van der Waals surface area contributed by atoms with E-state index in [-0.39, 0.29) is 6.10 Å². The predicted molar refractivity (Wildman–Crippen MR) is 76.4 cm³/mol. The molecule has 18 heavy (non-hydrogen) atoms. The fraction of sp³-hybridized carbons (Fsp3) is 0.357. The Morgan fingerprint density at radius 1 is 1.39 bits per heavy atom. The number of benzene rings is 1. The van der Waals surface area contributed by atoms with E-state index in [0.717, 1.165) is 18.0 Å². The van der Waals surface area contributed by atoms with E-state index < -0.39 is 0 Å². The summed E-state index contributed by atoms with van der Waals surface area (Å²) in [4.78, 5) is 5.30. The fourth-order valence-electron chi connectivity index (χ4n) is 1.69. The lowest BCUT2D eigenvalue weighted by Crippen LogP contribution is -2.06. The van der Waals surface area contributed by atoms with Gasteiger partial charge in [0.2, 0.25) is 0 Å². The number of aryl methyl sites for hydroxylation is 1. The lowest BCUT2D eigenvalue weighted by atomic mass is 10.2. The summed E-state index contributed by atoms with van der Waals surface area (Å²) in [5, 5.41) is 3.41. The van der Waals surface area contributed by atoms with Gasteiger partial charge in [-0.2, -0.15) is 0 Å². The molecule has 0 atom stereocenters. The van der Waals surface area contributed by atoms with E-state index in [9.17, 15) is 0 Å². The SMILES string of the molecule is Cc1cc(OC(C)C)ccc1NCc1cncs1. The van der Waals surface area contributed by atoms with Gasteiger partial charge in [-0.25, -0.2) is 0 Å². The molecule has 0 aliphatic rings. The largest absolute Gasteiger partial charge is 0.491 e. The van der Waals surface area contributed by atoms with Crippen LogP contribution < -0.4 is 10.1 Å². The third-order valence-corrected chi connectivity index (χ3v) is 3.29. The highest BCUT2D eigenvalue weighted by Crippen LogP contribution is 2.23. The Balaban J connectivity index is 2.01. The summed E-state index contributed by atoms with van der Waals surface area (Å²) in [6.45, 7) is 6.97. The van der Waals surface area contributed by atoms with Gasteiger partial charge >= 0.3 is 0 Å². The minimum atomic E-state index is 0.209. The minimum absolute atomic E-state index is 0.209. The van der Waals surface area contributed by atoms with E-state index in [0.29, 0.717) is 0 Å². The lowest BCUT2D eigenvalue weighted by Gasteiger charge is -2.13. The molecular formula is C14H18N2OS. The Bertz CT molecular complexity index is 495. The Morgan fingerprint density at radius 2 is 2.22 bits per heavy atom. The number of anilines is 1. The molecule has 1 N–H and O–H groups in total. The average molecular weight is 262 g/mol. The molecule has 3 nitrogen and oxygen atoms in total. The first-order chi connectivity index (χ1) is 8.65. The molecule has 0 spiro atoms. The van der Waals surface area contributed by atoms with Crippen LogP contribution in [0.15, 0.2) is 29.9 Å². The van der Waals surface area contributed by atoms with Crippen molar-refractivity contribution < 1.29 is 4.74 Å². The Hall–Kier alpha value is -1.55. The van der Waals surface area contributed by atoms with Crippen molar-refractivity contribution in [1.82, 2.24) is 4.98 Å². The highest BCUT2D eigenvalue weighted by Gasteiger charge is 2.03. The minimum Gasteiger partial charge on any atom is -0.491 e. The standard InChI is InChI=1S/C14H18N2OS/c1-10(2)17-12-4-5-14(11(3)6-12)16-8-13-7-15-9-18-13/h4-7,9-10,16H,8H2,1-3H3. The molecule has 0 fully saturated rings. The van der Waals surface area contributed by atoms with Crippen molar-refractivity contribution in [1.29, 1.82) is 0 Å². The molecule has 0 amide bonds. The van der Waals surface area contributed by atoms with Gasteiger partial charge in [-0.05, 0) is 44.5 Å². The summed E-state index contributed by atoms with van der Waals surface area (Å²) >= 11 is 1.66. The van der Waals surface area contributed by atoms with Crippen LogP contribution in [0, 0.1) is 6.92 Å². The number of nitrogens with zero attached hydrogens (tertiary/aromatic N) is 1. The van der Waals surface area contributed by atoms with Crippen molar-refractivity contribution in [2.75, 3.05) is 5.32 Å². The maximum Gasteiger partial charge on any atom is 0.120 e. The summed E-state index contributed by atoms with van der Waals surface area (Å²) in [5.74, 6) is 0.922. The number of hydrogen-bond acceptors (Lipinski definition) is 4. The van der Waals surface area contributed by atoms with Gasteiger partial charge in [-0.3, -0.25) is 4.98 Å². The smallest absolute Gasteiger partial charge is 0.120 e. The fourth-order valence-corrected chi connectivity index (χ4v) is 2.23. The van der Waals surface area contributed by atoms with Crippen LogP contribution in [0.1, 0.15) is 24.3 Å². The van der Waals surface area contributed by atoms with Crippen LogP contribution in [0.2, 0.25) is 0 Å². The van der Waals surface area contributed by atoms with Crippen LogP contribution in [0.5, 0.6) is 5.75 Å². The summed E-state index contributed by atoms with van der Waals surface area (Å²) in [6, 6.07) is 6.13. The molecule has 2 rings (SSSR count). The first-order valence-electron chi connectivity index (χ1n) is 6.03. The normalized spacial score (nSPS) is 10.7. The Kier molecular flexibility index (Phi) is 4.20. The molecule has 0 bridgehead atoms. The number of aromatic nitrogens is 1. The zero-order chi connectivity index (χ0) is 13.0. The molecule has 0 aliphatic heterocycles.